The third-order valence-corrected chi connectivity index (χ3v) is 3.41. The first-order chi connectivity index (χ1) is 8.69. The highest BCUT2D eigenvalue weighted by Gasteiger charge is 2.10. The number of aromatic nitrogens is 1. The molecule has 0 radical (unpaired) electrons. The molecule has 3 N–H and O–H groups in total. The predicted molar refractivity (Wildman–Crippen MR) is 74.3 cm³/mol. The first-order valence-electron chi connectivity index (χ1n) is 5.40. The number of nitrogens with one attached hydrogen (secondary N) is 1. The molecule has 0 spiro atoms. The van der Waals surface area contributed by atoms with E-state index in [2.05, 4.69) is 10.3 Å². The summed E-state index contributed by atoms with van der Waals surface area (Å²) in [7, 11) is 0. The van der Waals surface area contributed by atoms with E-state index < -0.39 is 0 Å². The summed E-state index contributed by atoms with van der Waals surface area (Å²) in [5.74, 6) is -0.225. The number of hydrogen-bond donors (Lipinski definition) is 2. The van der Waals surface area contributed by atoms with Crippen LogP contribution in [-0.2, 0) is 6.42 Å². The number of carbonyl (C=O) groups is 1. The smallest absolute Gasteiger partial charge is 0.275 e. The van der Waals surface area contributed by atoms with Gasteiger partial charge in [-0.05, 0) is 30.8 Å². The number of carbonyl (C=O) groups excluding carboxylic acids is 1. The molecule has 0 aliphatic heterocycles. The van der Waals surface area contributed by atoms with Crippen molar-refractivity contribution >= 4 is 34.5 Å². The third-order valence-electron chi connectivity index (χ3n) is 2.24. The van der Waals surface area contributed by atoms with Crippen molar-refractivity contribution in [2.75, 3.05) is 11.9 Å². The van der Waals surface area contributed by atoms with Gasteiger partial charge in [-0.1, -0.05) is 11.6 Å². The topological polar surface area (TPSA) is 68.0 Å². The van der Waals surface area contributed by atoms with Crippen LogP contribution in [0.2, 0.25) is 5.02 Å². The Hall–Kier alpha value is -1.43. The lowest BCUT2D eigenvalue weighted by molar-refractivity contribution is 0.102. The average Bonchev–Trinajstić information content (AvgIpc) is 2.81. The quantitative estimate of drug-likeness (QED) is 0.905. The standard InChI is InChI=1S/C12H12ClN3OS/c13-8-1-3-9(4-2-8)15-12(17)10-7-18-11(16-10)5-6-14/h1-4,7H,5-6,14H2,(H,15,17). The first kappa shape index (κ1) is 13.0. The van der Waals surface area contributed by atoms with Crippen LogP contribution in [0.3, 0.4) is 0 Å². The molecule has 0 saturated carbocycles. The van der Waals surface area contributed by atoms with Crippen molar-refractivity contribution in [2.45, 2.75) is 6.42 Å². The Morgan fingerprint density at radius 1 is 1.39 bits per heavy atom. The molecule has 1 amide bonds. The fourth-order valence-corrected chi connectivity index (χ4v) is 2.30. The molecule has 0 saturated heterocycles. The number of benzene rings is 1. The number of rotatable bonds is 4. The monoisotopic (exact) mass is 281 g/mol. The molecule has 2 rings (SSSR count). The number of halogens is 1. The fourth-order valence-electron chi connectivity index (χ4n) is 1.38. The van der Waals surface area contributed by atoms with Gasteiger partial charge in [0.2, 0.25) is 0 Å². The van der Waals surface area contributed by atoms with Gasteiger partial charge in [-0.25, -0.2) is 4.98 Å². The molecule has 0 unspecified atom stereocenters. The summed E-state index contributed by atoms with van der Waals surface area (Å²) in [5, 5.41) is 5.99. The second kappa shape index (κ2) is 5.95. The summed E-state index contributed by atoms with van der Waals surface area (Å²) in [6.07, 6.45) is 0.693. The molecule has 4 nitrogen and oxygen atoms in total. The highest BCUT2D eigenvalue weighted by Crippen LogP contribution is 2.15. The highest BCUT2D eigenvalue weighted by molar-refractivity contribution is 7.09. The summed E-state index contributed by atoms with van der Waals surface area (Å²) in [5.41, 5.74) is 6.54. The van der Waals surface area contributed by atoms with E-state index in [0.29, 0.717) is 29.4 Å². The second-order valence-electron chi connectivity index (χ2n) is 3.63. The van der Waals surface area contributed by atoms with E-state index in [4.69, 9.17) is 17.3 Å². The molecule has 94 valence electrons. The minimum Gasteiger partial charge on any atom is -0.330 e. The van der Waals surface area contributed by atoms with Gasteiger partial charge in [0.05, 0.1) is 5.01 Å². The van der Waals surface area contributed by atoms with Crippen LogP contribution in [0.4, 0.5) is 5.69 Å². The van der Waals surface area contributed by atoms with E-state index in [9.17, 15) is 4.79 Å². The van der Waals surface area contributed by atoms with Crippen LogP contribution in [0, 0.1) is 0 Å². The lowest BCUT2D eigenvalue weighted by Crippen LogP contribution is -2.12. The largest absolute Gasteiger partial charge is 0.330 e. The van der Waals surface area contributed by atoms with Crippen molar-refractivity contribution in [3.8, 4) is 0 Å². The molecule has 1 heterocycles. The van der Waals surface area contributed by atoms with Crippen molar-refractivity contribution < 1.29 is 4.79 Å². The molecule has 1 aromatic heterocycles. The van der Waals surface area contributed by atoms with Gasteiger partial charge in [-0.3, -0.25) is 4.79 Å². The molecule has 0 aliphatic rings. The Labute approximate surface area is 114 Å². The van der Waals surface area contributed by atoms with Crippen LogP contribution in [0.5, 0.6) is 0 Å². The molecule has 0 bridgehead atoms. The third kappa shape index (κ3) is 3.29. The average molecular weight is 282 g/mol. The maximum absolute atomic E-state index is 11.9. The highest BCUT2D eigenvalue weighted by atomic mass is 35.5. The number of nitrogens with two attached hydrogens (primary N) is 1. The van der Waals surface area contributed by atoms with Gasteiger partial charge in [-0.15, -0.1) is 11.3 Å². The summed E-state index contributed by atoms with van der Waals surface area (Å²) in [6.45, 7) is 0.533. The van der Waals surface area contributed by atoms with Gasteiger partial charge in [0.1, 0.15) is 5.69 Å². The van der Waals surface area contributed by atoms with Crippen molar-refractivity contribution in [1.82, 2.24) is 4.98 Å². The molecule has 0 atom stereocenters. The van der Waals surface area contributed by atoms with Crippen molar-refractivity contribution in [3.05, 3.63) is 45.4 Å². The maximum atomic E-state index is 11.9. The SMILES string of the molecule is NCCc1nc(C(=O)Nc2ccc(Cl)cc2)cs1. The Morgan fingerprint density at radius 3 is 2.78 bits per heavy atom. The molecule has 6 heteroatoms. The van der Waals surface area contributed by atoms with Gasteiger partial charge >= 0.3 is 0 Å². The lowest BCUT2D eigenvalue weighted by Gasteiger charge is -2.02. The van der Waals surface area contributed by atoms with Gasteiger partial charge in [0, 0.05) is 22.5 Å². The van der Waals surface area contributed by atoms with Crippen molar-refractivity contribution in [2.24, 2.45) is 5.73 Å². The number of nitrogens with zero attached hydrogens (tertiary/aromatic N) is 1. The van der Waals surface area contributed by atoms with E-state index >= 15 is 0 Å². The van der Waals surface area contributed by atoms with Crippen molar-refractivity contribution in [3.63, 3.8) is 0 Å². The molecule has 2 aromatic rings. The summed E-state index contributed by atoms with van der Waals surface area (Å²) >= 11 is 7.21. The number of anilines is 1. The van der Waals surface area contributed by atoms with Gasteiger partial charge in [-0.2, -0.15) is 0 Å². The van der Waals surface area contributed by atoms with Crippen molar-refractivity contribution in [1.29, 1.82) is 0 Å². The van der Waals surface area contributed by atoms with Gasteiger partial charge in [0.25, 0.3) is 5.91 Å². The fraction of sp³-hybridized carbons (Fsp3) is 0.167. The normalized spacial score (nSPS) is 10.3. The molecular weight excluding hydrogens is 270 g/mol. The minimum atomic E-state index is -0.225. The number of amides is 1. The minimum absolute atomic E-state index is 0.225. The zero-order chi connectivity index (χ0) is 13.0. The molecule has 1 aromatic carbocycles. The Balaban J connectivity index is 2.04. The van der Waals surface area contributed by atoms with Crippen LogP contribution in [0.15, 0.2) is 29.6 Å². The Kier molecular flexibility index (Phi) is 4.30. The summed E-state index contributed by atoms with van der Waals surface area (Å²) < 4.78 is 0. The second-order valence-corrected chi connectivity index (χ2v) is 5.01. The van der Waals surface area contributed by atoms with Gasteiger partial charge in [0.15, 0.2) is 0 Å². The van der Waals surface area contributed by atoms with E-state index in [1.54, 1.807) is 29.6 Å². The zero-order valence-electron chi connectivity index (χ0n) is 9.52. The zero-order valence-corrected chi connectivity index (χ0v) is 11.1. The van der Waals surface area contributed by atoms with E-state index in [-0.39, 0.29) is 5.91 Å². The van der Waals surface area contributed by atoms with Gasteiger partial charge < -0.3 is 11.1 Å². The Bertz CT molecular complexity index is 539. The van der Waals surface area contributed by atoms with Crippen LogP contribution in [0.25, 0.3) is 0 Å². The maximum Gasteiger partial charge on any atom is 0.275 e. The Morgan fingerprint density at radius 2 is 2.11 bits per heavy atom. The lowest BCUT2D eigenvalue weighted by atomic mass is 10.3. The van der Waals surface area contributed by atoms with Crippen LogP contribution in [-0.4, -0.2) is 17.4 Å². The molecule has 0 aliphatic carbocycles. The predicted octanol–water partition coefficient (Wildman–Crippen LogP) is 2.55. The van der Waals surface area contributed by atoms with Crippen LogP contribution < -0.4 is 11.1 Å². The first-order valence-corrected chi connectivity index (χ1v) is 6.66. The summed E-state index contributed by atoms with van der Waals surface area (Å²) in [4.78, 5) is 16.1. The number of hydrogen-bond acceptors (Lipinski definition) is 4. The summed E-state index contributed by atoms with van der Waals surface area (Å²) in [6, 6.07) is 6.93. The van der Waals surface area contributed by atoms with E-state index in [0.717, 1.165) is 5.01 Å². The van der Waals surface area contributed by atoms with E-state index in [1.165, 1.54) is 11.3 Å². The van der Waals surface area contributed by atoms with Crippen LogP contribution in [0.1, 0.15) is 15.5 Å². The molecule has 0 fully saturated rings. The van der Waals surface area contributed by atoms with Crippen LogP contribution >= 0.6 is 22.9 Å². The number of thiazole rings is 1. The molecule has 18 heavy (non-hydrogen) atoms. The molecular formula is C12H12ClN3OS. The van der Waals surface area contributed by atoms with E-state index in [1.807, 2.05) is 0 Å².